The fraction of sp³-hybridized carbons (Fsp3) is 0.615. The van der Waals surface area contributed by atoms with Crippen LogP contribution in [0.4, 0.5) is 17.3 Å². The van der Waals surface area contributed by atoms with Crippen molar-refractivity contribution in [1.82, 2.24) is 0 Å². The predicted octanol–water partition coefficient (Wildman–Crippen LogP) is 9.01. The molecule has 1 aliphatic carbocycles. The summed E-state index contributed by atoms with van der Waals surface area (Å²) < 4.78 is 39.0. The van der Waals surface area contributed by atoms with Gasteiger partial charge in [-0.3, -0.25) is 0 Å². The summed E-state index contributed by atoms with van der Waals surface area (Å²) in [6, 6.07) is 9.55. The van der Waals surface area contributed by atoms with Gasteiger partial charge >= 0.3 is 7.25 Å². The van der Waals surface area contributed by atoms with Crippen LogP contribution in [-0.2, 0) is 19.5 Å². The predicted molar refractivity (Wildman–Crippen MR) is 143 cm³/mol. The van der Waals surface area contributed by atoms with Crippen LogP contribution in [-0.4, -0.2) is 29.9 Å². The average molecular weight is 604 g/mol. The van der Waals surface area contributed by atoms with Gasteiger partial charge in [0.25, 0.3) is 0 Å². The first-order chi connectivity index (χ1) is 15.6. The number of hydrogen-bond acceptors (Lipinski definition) is 0. The van der Waals surface area contributed by atoms with Crippen LogP contribution in [0.1, 0.15) is 79.1 Å². The van der Waals surface area contributed by atoms with Crippen molar-refractivity contribution < 1.29 is 36.7 Å². The second-order valence-electron chi connectivity index (χ2n) is 9.45. The first-order valence-corrected chi connectivity index (χ1v) is 15.4. The van der Waals surface area contributed by atoms with Gasteiger partial charge in [0.2, 0.25) is 0 Å². The van der Waals surface area contributed by atoms with E-state index in [1.54, 1.807) is 10.6 Å². The first-order valence-electron chi connectivity index (χ1n) is 12.4. The van der Waals surface area contributed by atoms with E-state index in [1.807, 2.05) is 0 Å². The SMILES string of the molecule is C1=C\CC/C=C\CC/1.CC1CC[C@H](C)P1c1ccccc1P1[C@@H](C)CC[C@@H]1C.F[B-](F)(F)F.[Rh]. The van der Waals surface area contributed by atoms with Crippen molar-refractivity contribution in [3.63, 3.8) is 0 Å². The molecule has 0 amide bonds. The zero-order valence-corrected chi connectivity index (χ0v) is 24.3. The average Bonchev–Trinajstić information content (AvgIpc) is 3.21. The number of halogens is 4. The number of rotatable bonds is 2. The second kappa shape index (κ2) is 15.9. The summed E-state index contributed by atoms with van der Waals surface area (Å²) in [4.78, 5) is 0. The Labute approximate surface area is 220 Å². The van der Waals surface area contributed by atoms with Crippen molar-refractivity contribution in [3.8, 4) is 0 Å². The Morgan fingerprint density at radius 3 is 1.06 bits per heavy atom. The quantitative estimate of drug-likeness (QED) is 0.137. The minimum atomic E-state index is -6.00. The molecule has 1 aromatic rings. The summed E-state index contributed by atoms with van der Waals surface area (Å²) in [5.41, 5.74) is 3.74. The van der Waals surface area contributed by atoms with Gasteiger partial charge in [0.1, 0.15) is 0 Å². The van der Waals surface area contributed by atoms with Crippen LogP contribution in [0.25, 0.3) is 0 Å². The Morgan fingerprint density at radius 2 is 0.824 bits per heavy atom. The van der Waals surface area contributed by atoms with E-state index < -0.39 is 7.25 Å². The fourth-order valence-electron chi connectivity index (χ4n) is 5.10. The monoisotopic (exact) mass is 604 g/mol. The molecule has 0 spiro atoms. The Kier molecular flexibility index (Phi) is 15.0. The molecular formula is C26H40BF4P2Rh-. The van der Waals surface area contributed by atoms with E-state index in [9.17, 15) is 17.3 Å². The molecular weight excluding hydrogens is 564 g/mol. The molecule has 8 heteroatoms. The molecule has 195 valence electrons. The normalized spacial score (nSPS) is 31.0. The van der Waals surface area contributed by atoms with Crippen molar-refractivity contribution in [2.75, 3.05) is 0 Å². The standard InChI is InChI=1S/C18H28P2.C8H12.BF4.Rh/c1-13-9-10-14(2)19(13)17-7-5-6-8-18(17)20-15(3)11-12-16(20)4;1-2-4-6-8-7-5-3-1;2-1(3,4)5;/h5-8,13-16H,9-12H2,1-4H3;1-2,7-8H,3-6H2;;/q;;-1;/b;2-1-,8-7-;;/t13-,14-,15-,16?,20?;;;/m0.../s1. The van der Waals surface area contributed by atoms with Gasteiger partial charge < -0.3 is 17.3 Å². The van der Waals surface area contributed by atoms with Crippen molar-refractivity contribution in [2.45, 2.75) is 102 Å². The number of allylic oxidation sites excluding steroid dienone is 4. The van der Waals surface area contributed by atoms with Gasteiger partial charge in [-0.25, -0.2) is 0 Å². The third kappa shape index (κ3) is 10.9. The molecule has 1 radical (unpaired) electrons. The van der Waals surface area contributed by atoms with Crippen LogP contribution < -0.4 is 10.6 Å². The number of benzene rings is 1. The van der Waals surface area contributed by atoms with E-state index >= 15 is 0 Å². The Hall–Kier alpha value is -0.0317. The van der Waals surface area contributed by atoms with Crippen molar-refractivity contribution in [1.29, 1.82) is 0 Å². The van der Waals surface area contributed by atoms with Gasteiger partial charge in [0, 0.05) is 19.5 Å². The third-order valence-corrected chi connectivity index (χ3v) is 13.6. The van der Waals surface area contributed by atoms with Gasteiger partial charge in [-0.2, -0.15) is 0 Å². The molecule has 4 rings (SSSR count). The van der Waals surface area contributed by atoms with Crippen LogP contribution in [0, 0.1) is 0 Å². The van der Waals surface area contributed by atoms with Crippen LogP contribution in [0.3, 0.4) is 0 Å². The maximum Gasteiger partial charge on any atom is 0.673 e. The molecule has 2 unspecified atom stereocenters. The van der Waals surface area contributed by atoms with Crippen LogP contribution in [0.2, 0.25) is 0 Å². The summed E-state index contributed by atoms with van der Waals surface area (Å²) in [5.74, 6) is 0. The zero-order chi connectivity index (χ0) is 24.4. The summed E-state index contributed by atoms with van der Waals surface area (Å²) in [7, 11) is -5.84. The summed E-state index contributed by atoms with van der Waals surface area (Å²) >= 11 is 0. The molecule has 34 heavy (non-hydrogen) atoms. The summed E-state index contributed by atoms with van der Waals surface area (Å²) in [5, 5.41) is 3.57. The molecule has 3 aliphatic rings. The van der Waals surface area contributed by atoms with Gasteiger partial charge in [-0.15, -0.1) is 0 Å². The molecule has 0 saturated carbocycles. The van der Waals surface area contributed by atoms with E-state index in [4.69, 9.17) is 0 Å². The summed E-state index contributed by atoms with van der Waals surface area (Å²) in [6.07, 6.45) is 19.8. The topological polar surface area (TPSA) is 0 Å². The fourth-order valence-corrected chi connectivity index (χ4v) is 12.3. The molecule has 1 aromatic carbocycles. The zero-order valence-electron chi connectivity index (χ0n) is 20.9. The molecule has 2 fully saturated rings. The molecule has 0 bridgehead atoms. The van der Waals surface area contributed by atoms with Crippen LogP contribution >= 0.6 is 15.8 Å². The third-order valence-electron chi connectivity index (χ3n) is 6.68. The Bertz CT molecular complexity index is 676. The smallest absolute Gasteiger partial charge is 0.418 e. The van der Waals surface area contributed by atoms with Gasteiger partial charge in [0.15, 0.2) is 0 Å². The minimum absolute atomic E-state index is 0. The van der Waals surface area contributed by atoms with E-state index in [-0.39, 0.29) is 35.3 Å². The van der Waals surface area contributed by atoms with Crippen LogP contribution in [0.5, 0.6) is 0 Å². The molecule has 0 aromatic heterocycles. The number of hydrogen-bond donors (Lipinski definition) is 0. The Balaban J connectivity index is 0.000000343. The van der Waals surface area contributed by atoms with Gasteiger partial charge in [-0.05, 0) is 84.6 Å². The second-order valence-corrected chi connectivity index (χ2v) is 15.6. The molecule has 0 N–H and O–H groups in total. The Morgan fingerprint density at radius 1 is 0.588 bits per heavy atom. The molecule has 5 atom stereocenters. The van der Waals surface area contributed by atoms with Crippen LogP contribution in [0.15, 0.2) is 48.6 Å². The van der Waals surface area contributed by atoms with Crippen molar-refractivity contribution in [2.24, 2.45) is 0 Å². The minimum Gasteiger partial charge on any atom is -0.418 e. The molecule has 2 heterocycles. The van der Waals surface area contributed by atoms with E-state index in [2.05, 4.69) is 76.3 Å². The molecule has 0 nitrogen and oxygen atoms in total. The van der Waals surface area contributed by atoms with Gasteiger partial charge in [0.05, 0.1) is 0 Å². The van der Waals surface area contributed by atoms with E-state index in [0.717, 1.165) is 22.6 Å². The maximum absolute atomic E-state index is 9.75. The summed E-state index contributed by atoms with van der Waals surface area (Å²) in [6.45, 7) is 10.0. The van der Waals surface area contributed by atoms with E-state index in [1.165, 1.54) is 51.4 Å². The van der Waals surface area contributed by atoms with Crippen molar-refractivity contribution >= 4 is 33.7 Å². The van der Waals surface area contributed by atoms with E-state index in [0.29, 0.717) is 0 Å². The maximum atomic E-state index is 9.75. The molecule has 2 saturated heterocycles. The van der Waals surface area contributed by atoms with Crippen molar-refractivity contribution in [3.05, 3.63) is 48.6 Å². The van der Waals surface area contributed by atoms with Gasteiger partial charge in [-0.1, -0.05) is 92.1 Å². The first kappa shape index (κ1) is 32.0. The largest absolute Gasteiger partial charge is 0.673 e. The molecule has 2 aliphatic heterocycles.